The van der Waals surface area contributed by atoms with E-state index in [9.17, 15) is 14.7 Å². The van der Waals surface area contributed by atoms with Crippen molar-refractivity contribution in [3.05, 3.63) is 24.3 Å². The lowest BCUT2D eigenvalue weighted by atomic mass is 9.69. The van der Waals surface area contributed by atoms with E-state index in [0.717, 1.165) is 140 Å². The molecule has 0 aromatic heterocycles. The van der Waals surface area contributed by atoms with Gasteiger partial charge >= 0.3 is 11.9 Å². The fourth-order valence-electron chi connectivity index (χ4n) is 9.58. The average Bonchev–Trinajstić information content (AvgIpc) is 3.29. The van der Waals surface area contributed by atoms with Crippen LogP contribution >= 0.6 is 0 Å². The highest BCUT2D eigenvalue weighted by Crippen LogP contribution is 2.42. The second-order valence-corrected chi connectivity index (χ2v) is 18.9. The number of ether oxygens (including phenoxy) is 4. The monoisotopic (exact) mass is 874 g/mol. The van der Waals surface area contributed by atoms with Crippen molar-refractivity contribution in [2.24, 2.45) is 23.7 Å². The van der Waals surface area contributed by atoms with E-state index >= 15 is 0 Å². The molecule has 362 valence electrons. The number of hydrogen-bond donors (Lipinski definition) is 1. The van der Waals surface area contributed by atoms with Gasteiger partial charge in [0, 0.05) is 32.6 Å². The van der Waals surface area contributed by atoms with E-state index in [-0.39, 0.29) is 24.8 Å². The van der Waals surface area contributed by atoms with E-state index in [2.05, 4.69) is 50.0 Å². The van der Waals surface area contributed by atoms with Crippen molar-refractivity contribution in [1.82, 2.24) is 4.90 Å². The molecule has 8 heteroatoms. The second-order valence-electron chi connectivity index (χ2n) is 18.9. The molecular weight excluding hydrogens is 775 g/mol. The maximum absolute atomic E-state index is 12.5. The third-order valence-electron chi connectivity index (χ3n) is 13.6. The van der Waals surface area contributed by atoms with Crippen LogP contribution in [0.2, 0.25) is 0 Å². The van der Waals surface area contributed by atoms with Crippen LogP contribution in [0.1, 0.15) is 226 Å². The number of rotatable bonds is 41. The first-order chi connectivity index (χ1) is 30.5. The predicted molar refractivity (Wildman–Crippen MR) is 258 cm³/mol. The highest BCUT2D eigenvalue weighted by atomic mass is 16.7. The summed E-state index contributed by atoms with van der Waals surface area (Å²) in [6.07, 6.45) is 44.5. The molecule has 0 radical (unpaired) electrons. The Morgan fingerprint density at radius 1 is 0.548 bits per heavy atom. The Morgan fingerprint density at radius 2 is 1.08 bits per heavy atom. The quantitative estimate of drug-likeness (QED) is 0.0281. The SMILES string of the molecule is CC/C=C\CCCCOC(CCC(=O)OCCCCCCN(CCO)CCCCCCCC(=O)OCC1CCC(C2CCC(CCCCC)CC2)CC1)OCCCC/C=C\CC. The molecule has 0 atom stereocenters. The maximum atomic E-state index is 12.5. The van der Waals surface area contributed by atoms with Gasteiger partial charge in [-0.05, 0) is 152 Å². The maximum Gasteiger partial charge on any atom is 0.305 e. The Morgan fingerprint density at radius 3 is 1.66 bits per heavy atom. The number of carbonyl (C=O) groups excluding carboxylic acids is 2. The fraction of sp³-hybridized carbons (Fsp3) is 0.889. The van der Waals surface area contributed by atoms with Crippen LogP contribution in [0.4, 0.5) is 0 Å². The Kier molecular flexibility index (Phi) is 37.1. The third-order valence-corrected chi connectivity index (χ3v) is 13.6. The van der Waals surface area contributed by atoms with Crippen LogP contribution in [0.25, 0.3) is 0 Å². The summed E-state index contributed by atoms with van der Waals surface area (Å²) in [6.45, 7) is 11.9. The van der Waals surface area contributed by atoms with Crippen LogP contribution in [-0.2, 0) is 28.5 Å². The first-order valence-electron chi connectivity index (χ1n) is 26.7. The number of aliphatic hydroxyl groups is 1. The molecule has 0 spiro atoms. The zero-order chi connectivity index (χ0) is 44.6. The van der Waals surface area contributed by atoms with E-state index < -0.39 is 0 Å². The molecule has 2 saturated carbocycles. The molecule has 1 N–H and O–H groups in total. The van der Waals surface area contributed by atoms with Crippen LogP contribution in [0, 0.1) is 23.7 Å². The minimum Gasteiger partial charge on any atom is -0.466 e. The Bertz CT molecular complexity index is 1060. The van der Waals surface area contributed by atoms with E-state index in [1.807, 2.05) is 0 Å². The molecule has 0 aliphatic heterocycles. The topological polar surface area (TPSA) is 94.5 Å². The minimum atomic E-state index is -0.360. The molecular formula is C54H99NO7. The molecule has 0 amide bonds. The van der Waals surface area contributed by atoms with Crippen molar-refractivity contribution >= 4 is 11.9 Å². The Labute approximate surface area is 382 Å². The summed E-state index contributed by atoms with van der Waals surface area (Å²) < 4.78 is 23.4. The molecule has 0 saturated heterocycles. The summed E-state index contributed by atoms with van der Waals surface area (Å²) in [7, 11) is 0. The van der Waals surface area contributed by atoms with Gasteiger partial charge in [0.2, 0.25) is 0 Å². The van der Waals surface area contributed by atoms with Crippen LogP contribution in [0.5, 0.6) is 0 Å². The molecule has 0 aromatic carbocycles. The lowest BCUT2D eigenvalue weighted by Gasteiger charge is -2.37. The van der Waals surface area contributed by atoms with Crippen molar-refractivity contribution in [2.45, 2.75) is 233 Å². The first-order valence-corrected chi connectivity index (χ1v) is 26.7. The predicted octanol–water partition coefficient (Wildman–Crippen LogP) is 13.9. The number of esters is 2. The third kappa shape index (κ3) is 31.2. The van der Waals surface area contributed by atoms with Crippen LogP contribution < -0.4 is 0 Å². The van der Waals surface area contributed by atoms with Gasteiger partial charge in [0.15, 0.2) is 6.29 Å². The van der Waals surface area contributed by atoms with E-state index in [1.165, 1.54) is 77.0 Å². The summed E-state index contributed by atoms with van der Waals surface area (Å²) in [5.74, 6) is 3.25. The van der Waals surface area contributed by atoms with Crippen molar-refractivity contribution in [1.29, 1.82) is 0 Å². The van der Waals surface area contributed by atoms with Gasteiger partial charge in [-0.15, -0.1) is 0 Å². The van der Waals surface area contributed by atoms with Gasteiger partial charge in [-0.3, -0.25) is 9.59 Å². The second kappa shape index (κ2) is 40.7. The van der Waals surface area contributed by atoms with Gasteiger partial charge in [0.1, 0.15) is 0 Å². The summed E-state index contributed by atoms with van der Waals surface area (Å²) in [5, 5.41) is 9.62. The molecule has 0 aromatic rings. The normalized spacial score (nSPS) is 19.6. The van der Waals surface area contributed by atoms with Crippen molar-refractivity contribution < 1.29 is 33.6 Å². The number of allylic oxidation sites excluding steroid dienone is 4. The van der Waals surface area contributed by atoms with Crippen LogP contribution in [-0.4, -0.2) is 80.9 Å². The van der Waals surface area contributed by atoms with Crippen LogP contribution in [0.15, 0.2) is 24.3 Å². The lowest BCUT2D eigenvalue weighted by molar-refractivity contribution is -0.159. The molecule has 0 bridgehead atoms. The first kappa shape index (κ1) is 56.4. The smallest absolute Gasteiger partial charge is 0.305 e. The summed E-state index contributed by atoms with van der Waals surface area (Å²) in [6, 6.07) is 0. The highest BCUT2D eigenvalue weighted by Gasteiger charge is 2.31. The molecule has 0 unspecified atom stereocenters. The number of aliphatic hydroxyl groups excluding tert-OH is 1. The molecule has 62 heavy (non-hydrogen) atoms. The molecule has 2 aliphatic carbocycles. The zero-order valence-electron chi connectivity index (χ0n) is 40.8. The number of nitrogens with zero attached hydrogens (tertiary/aromatic N) is 1. The van der Waals surface area contributed by atoms with Gasteiger partial charge < -0.3 is 29.0 Å². The van der Waals surface area contributed by atoms with E-state index in [4.69, 9.17) is 18.9 Å². The minimum absolute atomic E-state index is 0.00485. The molecule has 2 fully saturated rings. The van der Waals surface area contributed by atoms with Gasteiger partial charge in [-0.2, -0.15) is 0 Å². The van der Waals surface area contributed by atoms with E-state index in [0.29, 0.717) is 58.2 Å². The highest BCUT2D eigenvalue weighted by molar-refractivity contribution is 5.69. The largest absolute Gasteiger partial charge is 0.466 e. The average molecular weight is 874 g/mol. The van der Waals surface area contributed by atoms with Crippen molar-refractivity contribution in [3.63, 3.8) is 0 Å². The molecule has 2 aliphatic rings. The summed E-state index contributed by atoms with van der Waals surface area (Å²) >= 11 is 0. The van der Waals surface area contributed by atoms with Crippen molar-refractivity contribution in [2.75, 3.05) is 52.7 Å². The Hall–Kier alpha value is -1.74. The standard InChI is InChI=1S/C54H99NO7/c1-4-7-10-12-18-26-45-60-54(61-46-27-19-13-11-8-5-2)39-38-53(58)59-44-25-20-17-24-41-55(42-43-56)40-23-16-14-15-22-29-52(57)62-47-49-32-36-51(37-33-49)50-34-30-48(31-35-50)28-21-9-6-3/h7-8,10-11,48-51,54,56H,4-6,9,12-47H2,1-3H3/b10-7-,11-8-. The summed E-state index contributed by atoms with van der Waals surface area (Å²) in [4.78, 5) is 27.4. The van der Waals surface area contributed by atoms with Crippen LogP contribution in [0.3, 0.4) is 0 Å². The van der Waals surface area contributed by atoms with Gasteiger partial charge in [0.05, 0.1) is 26.2 Å². The number of unbranched alkanes of at least 4 members (excludes halogenated alkanes) is 13. The molecule has 8 nitrogen and oxygen atoms in total. The zero-order valence-corrected chi connectivity index (χ0v) is 40.8. The number of hydrogen-bond acceptors (Lipinski definition) is 8. The molecule has 2 rings (SSSR count). The fourth-order valence-corrected chi connectivity index (χ4v) is 9.58. The summed E-state index contributed by atoms with van der Waals surface area (Å²) in [5.41, 5.74) is 0. The Balaban J connectivity index is 1.45. The molecule has 0 heterocycles. The van der Waals surface area contributed by atoms with Gasteiger partial charge in [-0.25, -0.2) is 0 Å². The van der Waals surface area contributed by atoms with Crippen molar-refractivity contribution in [3.8, 4) is 0 Å². The van der Waals surface area contributed by atoms with Gasteiger partial charge in [-0.1, -0.05) is 116 Å². The van der Waals surface area contributed by atoms with E-state index in [1.54, 1.807) is 0 Å². The van der Waals surface area contributed by atoms with Gasteiger partial charge in [0.25, 0.3) is 0 Å². The lowest BCUT2D eigenvalue weighted by Crippen LogP contribution is -2.29. The number of carbonyl (C=O) groups is 2.